The first-order chi connectivity index (χ1) is 48.4. The lowest BCUT2D eigenvalue weighted by atomic mass is 9.47. The van der Waals surface area contributed by atoms with Gasteiger partial charge in [0.1, 0.15) is 41.7 Å². The average Bonchev–Trinajstić information content (AvgIpc) is 1.38. The topological polar surface area (TPSA) is 212 Å². The van der Waals surface area contributed by atoms with E-state index < -0.39 is 47.3 Å². The van der Waals surface area contributed by atoms with Gasteiger partial charge >= 0.3 is 6.16 Å². The lowest BCUT2D eigenvalue weighted by Gasteiger charge is -2.58. The van der Waals surface area contributed by atoms with E-state index in [-0.39, 0.29) is 61.2 Å². The largest absolute Gasteiger partial charge is 0.514 e. The summed E-state index contributed by atoms with van der Waals surface area (Å²) in [7, 11) is 1.63. The number of carbonyl (C=O) groups is 5. The molecular weight excluding hydrogens is 1260 g/mol. The van der Waals surface area contributed by atoms with Crippen LogP contribution in [-0.2, 0) is 47.2 Å². The van der Waals surface area contributed by atoms with Crippen LogP contribution >= 0.6 is 0 Å². The highest BCUT2D eigenvalue weighted by atomic mass is 19.1. The number of allylic oxidation sites excluding steroid dienone is 1. The van der Waals surface area contributed by atoms with Gasteiger partial charge in [0.15, 0.2) is 0 Å². The molecule has 6 aromatic rings. The average molecular weight is 1360 g/mol. The van der Waals surface area contributed by atoms with Crippen LogP contribution in [0.25, 0.3) is 0 Å². The second-order valence-electron chi connectivity index (χ2n) is 29.3. The Balaban J connectivity index is 0.742. The minimum atomic E-state index is -1.26. The van der Waals surface area contributed by atoms with Gasteiger partial charge in [0.25, 0.3) is 0 Å². The molecule has 532 valence electrons. The van der Waals surface area contributed by atoms with E-state index in [1.165, 1.54) is 93.8 Å². The van der Waals surface area contributed by atoms with Gasteiger partial charge in [-0.1, -0.05) is 163 Å². The number of rotatable bonds is 34. The summed E-state index contributed by atoms with van der Waals surface area (Å²) in [6, 6.07) is 43.9. The Morgan fingerprint density at radius 3 is 2.04 bits per heavy atom. The summed E-state index contributed by atoms with van der Waals surface area (Å²) in [4.78, 5) is 79.7. The van der Waals surface area contributed by atoms with Crippen molar-refractivity contribution in [3.8, 4) is 11.5 Å². The van der Waals surface area contributed by atoms with Crippen molar-refractivity contribution < 1.29 is 47.3 Å². The van der Waals surface area contributed by atoms with Gasteiger partial charge in [0, 0.05) is 38.1 Å². The Labute approximate surface area is 590 Å². The third kappa shape index (κ3) is 18.9. The summed E-state index contributed by atoms with van der Waals surface area (Å²) in [5.74, 6) is 3.05. The van der Waals surface area contributed by atoms with Crippen molar-refractivity contribution in [1.82, 2.24) is 21.3 Å². The van der Waals surface area contributed by atoms with Gasteiger partial charge < -0.3 is 40.2 Å². The number of carbonyl (C=O) groups excluding carboxylic acids is 5. The van der Waals surface area contributed by atoms with E-state index in [0.29, 0.717) is 61.2 Å². The number of nitrogens with one attached hydrogen (secondary N) is 5. The number of unbranched alkanes of at least 4 members (excludes halogenated alkanes) is 1. The van der Waals surface area contributed by atoms with Gasteiger partial charge in [0.05, 0.1) is 18.8 Å². The molecule has 0 bridgehead atoms. The zero-order chi connectivity index (χ0) is 70.7. The molecule has 0 radical (unpaired) electrons. The van der Waals surface area contributed by atoms with Crippen LogP contribution in [0.1, 0.15) is 172 Å². The number of hydrogen-bond donors (Lipinski definition) is 5. The number of benzene rings is 6. The van der Waals surface area contributed by atoms with Crippen LogP contribution in [0.3, 0.4) is 0 Å². The molecule has 6 aromatic carbocycles. The number of methoxy groups -OCH3 is 1. The van der Waals surface area contributed by atoms with Gasteiger partial charge in [-0.25, -0.2) is 9.18 Å². The Morgan fingerprint density at radius 1 is 0.650 bits per heavy atom. The number of halogens is 1. The highest BCUT2D eigenvalue weighted by Crippen LogP contribution is 2.67. The monoisotopic (exact) mass is 1360 g/mol. The van der Waals surface area contributed by atoms with Crippen LogP contribution in [-0.4, -0.2) is 74.8 Å². The fourth-order valence-electron chi connectivity index (χ4n) is 17.1. The smallest absolute Gasteiger partial charge is 0.497 e. The molecule has 4 aliphatic carbocycles. The molecule has 3 saturated carbocycles. The number of ether oxygens (including phenoxy) is 4. The molecule has 3 fully saturated rings. The van der Waals surface area contributed by atoms with Gasteiger partial charge in [-0.2, -0.15) is 0 Å². The zero-order valence-corrected chi connectivity index (χ0v) is 59.2. The summed E-state index contributed by atoms with van der Waals surface area (Å²) >= 11 is 0. The number of hydrogen-bond acceptors (Lipinski definition) is 12. The first kappa shape index (κ1) is 74.2. The molecule has 100 heavy (non-hydrogen) atoms. The maximum Gasteiger partial charge on any atom is 0.514 e. The van der Waals surface area contributed by atoms with Crippen molar-refractivity contribution in [1.29, 1.82) is 0 Å². The Morgan fingerprint density at radius 2 is 1.35 bits per heavy atom. The van der Waals surface area contributed by atoms with E-state index >= 15 is 0 Å². The van der Waals surface area contributed by atoms with Gasteiger partial charge in [-0.05, 0) is 224 Å². The summed E-state index contributed by atoms with van der Waals surface area (Å²) in [5, 5.41) is 18.4. The molecular formula is C83H103FN6O10. The van der Waals surface area contributed by atoms with E-state index in [4.69, 9.17) is 18.9 Å². The first-order valence-electron chi connectivity index (χ1n) is 36.5. The van der Waals surface area contributed by atoms with E-state index in [2.05, 4.69) is 96.7 Å². The highest BCUT2D eigenvalue weighted by molar-refractivity contribution is 5.98. The summed E-state index contributed by atoms with van der Waals surface area (Å²) in [5.41, 5.74) is 6.09. The van der Waals surface area contributed by atoms with Crippen LogP contribution in [0.5, 0.6) is 11.5 Å². The maximum absolute atomic E-state index is 14.7. The van der Waals surface area contributed by atoms with Crippen LogP contribution < -0.4 is 36.1 Å². The van der Waals surface area contributed by atoms with Gasteiger partial charge in [-0.3, -0.25) is 24.5 Å². The third-order valence-corrected chi connectivity index (χ3v) is 22.4. The van der Waals surface area contributed by atoms with Crippen LogP contribution in [0.4, 0.5) is 20.6 Å². The first-order valence-corrected chi connectivity index (χ1v) is 36.5. The van der Waals surface area contributed by atoms with E-state index in [0.717, 1.165) is 77.2 Å². The molecule has 0 aliphatic heterocycles. The van der Waals surface area contributed by atoms with Crippen molar-refractivity contribution in [3.63, 3.8) is 0 Å². The second kappa shape index (κ2) is 35.2. The maximum atomic E-state index is 14.7. The molecule has 16 nitrogen and oxygen atoms in total. The fourth-order valence-corrected chi connectivity index (χ4v) is 17.1. The van der Waals surface area contributed by atoms with Crippen LogP contribution in [0.2, 0.25) is 0 Å². The minimum absolute atomic E-state index is 0.107. The van der Waals surface area contributed by atoms with E-state index in [1.807, 2.05) is 60.7 Å². The SMILES string of the molecule is COc1ccc(C(NCCCC[C@H](NC(=O)[C@H](Cc2cccc(F)c2)NC(=O)CCC(=O)NCCCO[C@H]2CC[C@@]3(C)C(=CC[C@H]4[C@@H]5CC[C@H]([C@H](C)CCCC(C)C)[C@@]5(C)CC[C@@H]43)C2)C(=O)Nc2ccc(COC(=O)Oc3ccc(N=O)cc3)cc2)(c2ccccc2)c2ccccc2)cc1. The third-order valence-electron chi connectivity index (χ3n) is 22.4. The summed E-state index contributed by atoms with van der Waals surface area (Å²) in [6.07, 6.45) is 17.1. The van der Waals surface area contributed by atoms with E-state index in [9.17, 15) is 33.3 Å². The van der Waals surface area contributed by atoms with Crippen molar-refractivity contribution in [2.45, 2.75) is 181 Å². The molecule has 0 spiro atoms. The summed E-state index contributed by atoms with van der Waals surface area (Å²) < 4.78 is 37.3. The minimum Gasteiger partial charge on any atom is -0.497 e. The molecule has 17 heteroatoms. The van der Waals surface area contributed by atoms with E-state index in [1.54, 1.807) is 43.0 Å². The van der Waals surface area contributed by atoms with Crippen LogP contribution in [0.15, 0.2) is 175 Å². The van der Waals surface area contributed by atoms with Crippen molar-refractivity contribution in [3.05, 3.63) is 208 Å². The Kier molecular flexibility index (Phi) is 26.1. The molecule has 0 heterocycles. The summed E-state index contributed by atoms with van der Waals surface area (Å²) in [6.45, 7) is 13.7. The lowest BCUT2D eigenvalue weighted by Crippen LogP contribution is -2.53. The van der Waals surface area contributed by atoms with Crippen molar-refractivity contribution >= 4 is 41.2 Å². The lowest BCUT2D eigenvalue weighted by molar-refractivity contribution is -0.131. The quantitative estimate of drug-likeness (QED) is 0.00640. The number of nitrogens with zero attached hydrogens (tertiary/aromatic N) is 1. The molecule has 5 N–H and O–H groups in total. The number of amides is 4. The normalized spacial score (nSPS) is 21.7. The Hall–Kier alpha value is -8.54. The molecule has 4 aliphatic rings. The standard InChI is InChI=1S/C83H103FN6O10/c1-56(2)18-15-19-57(3)71-41-42-72-70-40-31-63-54-69(45-47-81(63,4)73(70)46-48-82(71,72)5)98-51-17-49-85-76(91)43-44-77(92)88-75(53-59-20-16-25-64(84)52-59)79(94)89-74(78(93)87-65-32-27-58(28-33-65)55-99-80(95)100-68-38-34-66(90-96)35-39-68)26-13-14-50-86-83(60-21-9-7-10-22-60,61-23-11-8-12-24-61)62-29-36-67(97-6)37-30-62/h7-12,16,20-25,27-39,52,56-57,69-75,86H,13-15,17-19,26,40-51,53-55H2,1-6H3,(H,85,91)(H,87,93)(H,88,92)(H,89,94)/t57-,69+,70+,71-,72+,73+,74+,75+,81+,82-/m1/s1. The Bertz CT molecular complexity index is 3660. The second-order valence-corrected chi connectivity index (χ2v) is 29.3. The zero-order valence-electron chi connectivity index (χ0n) is 59.2. The molecule has 0 unspecified atom stereocenters. The molecule has 0 aromatic heterocycles. The van der Waals surface area contributed by atoms with Gasteiger partial charge in [-0.15, -0.1) is 4.91 Å². The fraction of sp³-hybridized carbons (Fsp3) is 0.482. The van der Waals surface area contributed by atoms with Crippen molar-refractivity contribution in [2.24, 2.45) is 51.5 Å². The molecule has 0 saturated heterocycles. The number of nitroso groups, excluding NO2 is 1. The van der Waals surface area contributed by atoms with Crippen molar-refractivity contribution in [2.75, 3.05) is 32.1 Å². The number of anilines is 1. The highest BCUT2D eigenvalue weighted by Gasteiger charge is 2.59. The van der Waals surface area contributed by atoms with Gasteiger partial charge in [0.2, 0.25) is 23.6 Å². The van der Waals surface area contributed by atoms with Crippen LogP contribution in [0, 0.1) is 57.1 Å². The predicted molar refractivity (Wildman–Crippen MR) is 389 cm³/mol. The molecule has 10 rings (SSSR count). The number of fused-ring (bicyclic) bond motifs is 5. The molecule has 4 amide bonds. The predicted octanol–water partition coefficient (Wildman–Crippen LogP) is 16.6. The molecule has 10 atom stereocenters.